The third kappa shape index (κ3) is 4.32. The van der Waals surface area contributed by atoms with Crippen LogP contribution in [0.5, 0.6) is 11.5 Å². The second-order valence-corrected chi connectivity index (χ2v) is 6.76. The van der Waals surface area contributed by atoms with E-state index in [4.69, 9.17) is 16.3 Å². The van der Waals surface area contributed by atoms with Gasteiger partial charge in [0.1, 0.15) is 22.7 Å². The van der Waals surface area contributed by atoms with Gasteiger partial charge in [-0.05, 0) is 36.2 Å². The smallest absolute Gasteiger partial charge is 0.496 e. The molecule has 1 aliphatic rings. The molecule has 1 saturated heterocycles. The van der Waals surface area contributed by atoms with E-state index in [1.165, 1.54) is 36.3 Å². The zero-order valence-corrected chi connectivity index (χ0v) is 15.4. The minimum Gasteiger partial charge on any atom is -0.496 e. The molecular formula is C19H16ClF4NO3. The van der Waals surface area contributed by atoms with Crippen LogP contribution in [0.25, 0.3) is 0 Å². The fourth-order valence-electron chi connectivity index (χ4n) is 3.28. The third-order valence-corrected chi connectivity index (χ3v) is 4.77. The highest BCUT2D eigenvalue weighted by atomic mass is 35.5. The number of rotatable bonds is 5. The van der Waals surface area contributed by atoms with Gasteiger partial charge in [0.2, 0.25) is 5.91 Å². The Balaban J connectivity index is 1.92. The van der Waals surface area contributed by atoms with Crippen LogP contribution in [0, 0.1) is 5.82 Å². The molecule has 2 aromatic carbocycles. The van der Waals surface area contributed by atoms with Crippen molar-refractivity contribution in [2.45, 2.75) is 30.7 Å². The summed E-state index contributed by atoms with van der Waals surface area (Å²) in [6.07, 6.45) is -4.68. The number of ether oxygens (including phenoxy) is 2. The highest BCUT2D eigenvalue weighted by molar-refractivity contribution is 6.31. The summed E-state index contributed by atoms with van der Waals surface area (Å²) in [5, 5.41) is -0.871. The van der Waals surface area contributed by atoms with Gasteiger partial charge in [-0.1, -0.05) is 18.2 Å². The maximum Gasteiger partial charge on any atom is 0.573 e. The lowest BCUT2D eigenvalue weighted by Gasteiger charge is -2.27. The van der Waals surface area contributed by atoms with Crippen LogP contribution in [0.15, 0.2) is 42.5 Å². The summed E-state index contributed by atoms with van der Waals surface area (Å²) < 4.78 is 61.0. The van der Waals surface area contributed by atoms with Crippen molar-refractivity contribution in [3.8, 4) is 11.5 Å². The van der Waals surface area contributed by atoms with E-state index in [2.05, 4.69) is 4.74 Å². The molecule has 0 saturated carbocycles. The molecule has 0 spiro atoms. The van der Waals surface area contributed by atoms with Gasteiger partial charge in [0.15, 0.2) is 0 Å². The van der Waals surface area contributed by atoms with Gasteiger partial charge >= 0.3 is 6.36 Å². The molecule has 150 valence electrons. The molecule has 2 atom stereocenters. The Morgan fingerprint density at radius 3 is 2.61 bits per heavy atom. The number of halogens is 5. The Kier molecular flexibility index (Phi) is 5.69. The predicted molar refractivity (Wildman–Crippen MR) is 93.6 cm³/mol. The first-order valence-corrected chi connectivity index (χ1v) is 8.75. The first-order chi connectivity index (χ1) is 13.2. The van der Waals surface area contributed by atoms with Crippen LogP contribution in [0.4, 0.5) is 17.6 Å². The lowest BCUT2D eigenvalue weighted by molar-refractivity contribution is -0.274. The Labute approximate surface area is 163 Å². The monoisotopic (exact) mass is 417 g/mol. The normalized spacial score (nSPS) is 19.8. The Hall–Kier alpha value is -2.48. The van der Waals surface area contributed by atoms with Crippen LogP contribution < -0.4 is 9.47 Å². The second kappa shape index (κ2) is 7.87. The molecule has 0 aromatic heterocycles. The molecule has 1 aliphatic heterocycles. The number of carbonyl (C=O) groups is 1. The lowest BCUT2D eigenvalue weighted by Crippen LogP contribution is -2.30. The molecule has 0 N–H and O–H groups in total. The maximum absolute atomic E-state index is 14.5. The number of likely N-dealkylation sites (tertiary alicyclic amines) is 1. The van der Waals surface area contributed by atoms with Gasteiger partial charge in [-0.15, -0.1) is 24.8 Å². The summed E-state index contributed by atoms with van der Waals surface area (Å²) >= 11 is 6.11. The first-order valence-electron chi connectivity index (χ1n) is 8.31. The minimum atomic E-state index is -4.83. The number of nitrogens with zero attached hydrogens (tertiary/aromatic N) is 1. The zero-order valence-electron chi connectivity index (χ0n) is 14.7. The van der Waals surface area contributed by atoms with Crippen LogP contribution in [-0.2, 0) is 11.3 Å². The van der Waals surface area contributed by atoms with Crippen molar-refractivity contribution in [3.05, 3.63) is 59.4 Å². The summed E-state index contributed by atoms with van der Waals surface area (Å²) in [6.45, 7) is -0.0563. The van der Waals surface area contributed by atoms with E-state index in [9.17, 15) is 22.4 Å². The van der Waals surface area contributed by atoms with E-state index < -0.39 is 35.3 Å². The number of hydrogen-bond acceptors (Lipinski definition) is 3. The molecule has 1 fully saturated rings. The molecule has 0 bridgehead atoms. The standard InChI is InChI=1S/C19H16ClF4NO3/c1-27-16-7-3-6-14(21)17(16)15-9-13(20)18(26)25(15)10-11-4-2-5-12(8-11)28-19(22,23)24/h2-8,13,15H,9-10H2,1H3. The summed E-state index contributed by atoms with van der Waals surface area (Å²) in [7, 11) is 1.38. The zero-order chi connectivity index (χ0) is 20.5. The lowest BCUT2D eigenvalue weighted by atomic mass is 10.0. The topological polar surface area (TPSA) is 38.8 Å². The molecule has 3 rings (SSSR count). The van der Waals surface area contributed by atoms with E-state index in [1.54, 1.807) is 12.1 Å². The second-order valence-electron chi connectivity index (χ2n) is 6.24. The van der Waals surface area contributed by atoms with Crippen molar-refractivity contribution in [2.75, 3.05) is 7.11 Å². The highest BCUT2D eigenvalue weighted by Gasteiger charge is 2.41. The van der Waals surface area contributed by atoms with Gasteiger partial charge in [0.05, 0.1) is 18.7 Å². The maximum atomic E-state index is 14.5. The molecule has 2 unspecified atom stereocenters. The molecule has 1 amide bonds. The average molecular weight is 418 g/mol. The molecule has 4 nitrogen and oxygen atoms in total. The molecule has 0 aliphatic carbocycles. The van der Waals surface area contributed by atoms with Gasteiger partial charge < -0.3 is 14.4 Å². The molecule has 1 heterocycles. The van der Waals surface area contributed by atoms with E-state index >= 15 is 0 Å². The van der Waals surface area contributed by atoms with Gasteiger partial charge in [-0.2, -0.15) is 0 Å². The fourth-order valence-corrected chi connectivity index (χ4v) is 3.57. The molecule has 28 heavy (non-hydrogen) atoms. The fraction of sp³-hybridized carbons (Fsp3) is 0.316. The first kappa shape index (κ1) is 20.3. The number of alkyl halides is 4. The number of hydrogen-bond donors (Lipinski definition) is 0. The summed E-state index contributed by atoms with van der Waals surface area (Å²) in [6, 6.07) is 8.86. The number of amides is 1. The van der Waals surface area contributed by atoms with Crippen LogP contribution >= 0.6 is 11.6 Å². The van der Waals surface area contributed by atoms with Crippen LogP contribution in [0.3, 0.4) is 0 Å². The van der Waals surface area contributed by atoms with Crippen LogP contribution in [0.2, 0.25) is 0 Å². The van der Waals surface area contributed by atoms with E-state index in [0.29, 0.717) is 5.56 Å². The largest absolute Gasteiger partial charge is 0.573 e. The Morgan fingerprint density at radius 2 is 1.93 bits per heavy atom. The van der Waals surface area contributed by atoms with Crippen molar-refractivity contribution in [1.29, 1.82) is 0 Å². The predicted octanol–water partition coefficient (Wildman–Crippen LogP) is 4.81. The SMILES string of the molecule is COc1cccc(F)c1C1CC(Cl)C(=O)N1Cc1cccc(OC(F)(F)F)c1. The number of carbonyl (C=O) groups excluding carboxylic acids is 1. The highest BCUT2D eigenvalue weighted by Crippen LogP contribution is 2.41. The van der Waals surface area contributed by atoms with Crippen molar-refractivity contribution in [2.24, 2.45) is 0 Å². The molecular weight excluding hydrogens is 402 g/mol. The van der Waals surface area contributed by atoms with E-state index in [0.717, 1.165) is 6.07 Å². The molecule has 0 radical (unpaired) electrons. The van der Waals surface area contributed by atoms with Crippen LogP contribution in [-0.4, -0.2) is 29.7 Å². The van der Waals surface area contributed by atoms with Gasteiger partial charge in [0, 0.05) is 6.54 Å². The average Bonchev–Trinajstić information content (AvgIpc) is 2.88. The van der Waals surface area contributed by atoms with Gasteiger partial charge in [-0.3, -0.25) is 4.79 Å². The number of methoxy groups -OCH3 is 1. The van der Waals surface area contributed by atoms with E-state index in [1.807, 2.05) is 0 Å². The van der Waals surface area contributed by atoms with Crippen molar-refractivity contribution >= 4 is 17.5 Å². The van der Waals surface area contributed by atoms with Crippen LogP contribution in [0.1, 0.15) is 23.6 Å². The third-order valence-electron chi connectivity index (χ3n) is 4.41. The van der Waals surface area contributed by atoms with Crippen molar-refractivity contribution in [3.63, 3.8) is 0 Å². The minimum absolute atomic E-state index is 0.0563. The summed E-state index contributed by atoms with van der Waals surface area (Å²) in [5.74, 6) is -1.12. The number of benzene rings is 2. The Bertz CT molecular complexity index is 874. The van der Waals surface area contributed by atoms with Crippen molar-refractivity contribution in [1.82, 2.24) is 4.90 Å². The summed E-state index contributed by atoms with van der Waals surface area (Å²) in [4.78, 5) is 13.9. The quantitative estimate of drug-likeness (QED) is 0.517. The summed E-state index contributed by atoms with van der Waals surface area (Å²) in [5.41, 5.74) is 0.574. The van der Waals surface area contributed by atoms with E-state index in [-0.39, 0.29) is 24.3 Å². The Morgan fingerprint density at radius 1 is 1.21 bits per heavy atom. The van der Waals surface area contributed by atoms with Crippen molar-refractivity contribution < 1.29 is 31.8 Å². The van der Waals surface area contributed by atoms with Gasteiger partial charge in [-0.25, -0.2) is 4.39 Å². The van der Waals surface area contributed by atoms with Gasteiger partial charge in [0.25, 0.3) is 0 Å². The molecule has 2 aromatic rings. The molecule has 9 heteroatoms.